The number of nitrogens with zero attached hydrogens (tertiary/aromatic N) is 2. The number of carbonyl (C=O) groups excluding carboxylic acids is 1. The van der Waals surface area contributed by atoms with E-state index in [0.717, 1.165) is 25.3 Å². The van der Waals surface area contributed by atoms with Crippen molar-refractivity contribution in [3.8, 4) is 0 Å². The molecule has 0 aromatic carbocycles. The summed E-state index contributed by atoms with van der Waals surface area (Å²) < 4.78 is 5.53. The topological polar surface area (TPSA) is 54.5 Å². The molecule has 0 saturated carbocycles. The van der Waals surface area contributed by atoms with Crippen molar-refractivity contribution < 1.29 is 9.53 Å². The van der Waals surface area contributed by atoms with Gasteiger partial charge in [0.2, 0.25) is 0 Å². The molecule has 1 amide bonds. The number of anilines is 1. The Hall–Kier alpha value is -1.62. The molecule has 1 atom stereocenters. The molecular formula is C13H19N3O2. The third-order valence-electron chi connectivity index (χ3n) is 3.11. The maximum Gasteiger partial charge on any atom is 0.255 e. The highest BCUT2D eigenvalue weighted by molar-refractivity contribution is 5.93. The number of rotatable bonds is 4. The van der Waals surface area contributed by atoms with Crippen LogP contribution in [0.2, 0.25) is 0 Å². The predicted molar refractivity (Wildman–Crippen MR) is 69.7 cm³/mol. The van der Waals surface area contributed by atoms with Gasteiger partial charge in [0.1, 0.15) is 5.82 Å². The summed E-state index contributed by atoms with van der Waals surface area (Å²) in [5.74, 6) is 0.744. The first-order valence-corrected chi connectivity index (χ1v) is 6.21. The molecule has 0 radical (unpaired) electrons. The van der Waals surface area contributed by atoms with Crippen molar-refractivity contribution in [1.29, 1.82) is 0 Å². The number of amides is 1. The molecule has 98 valence electrons. The molecule has 1 unspecified atom stereocenters. The fraction of sp³-hybridized carbons (Fsp3) is 0.538. The number of carbonyl (C=O) groups is 1. The average molecular weight is 249 g/mol. The molecule has 1 fully saturated rings. The van der Waals surface area contributed by atoms with Gasteiger partial charge in [0.05, 0.1) is 11.7 Å². The van der Waals surface area contributed by atoms with Gasteiger partial charge in [0.15, 0.2) is 0 Å². The Balaban J connectivity index is 1.95. The lowest BCUT2D eigenvalue weighted by Crippen LogP contribution is -2.34. The van der Waals surface area contributed by atoms with Crippen LogP contribution >= 0.6 is 0 Å². The van der Waals surface area contributed by atoms with Gasteiger partial charge in [-0.2, -0.15) is 0 Å². The van der Waals surface area contributed by atoms with Gasteiger partial charge in [-0.15, -0.1) is 0 Å². The van der Waals surface area contributed by atoms with Crippen LogP contribution in [0.15, 0.2) is 18.3 Å². The van der Waals surface area contributed by atoms with E-state index in [1.54, 1.807) is 37.3 Å². The first-order chi connectivity index (χ1) is 8.70. The summed E-state index contributed by atoms with van der Waals surface area (Å²) >= 11 is 0. The second-order valence-electron chi connectivity index (χ2n) is 4.50. The maximum absolute atomic E-state index is 12.1. The lowest BCUT2D eigenvalue weighted by atomic mass is 10.2. The van der Waals surface area contributed by atoms with Crippen LogP contribution in [0.4, 0.5) is 5.82 Å². The number of likely N-dealkylation sites (N-methyl/N-ethyl adjacent to an activating group) is 1. The third-order valence-corrected chi connectivity index (χ3v) is 3.11. The van der Waals surface area contributed by atoms with Crippen molar-refractivity contribution in [1.82, 2.24) is 9.88 Å². The minimum Gasteiger partial charge on any atom is -0.376 e. The van der Waals surface area contributed by atoms with E-state index in [-0.39, 0.29) is 12.0 Å². The summed E-state index contributed by atoms with van der Waals surface area (Å²) in [7, 11) is 3.60. The molecule has 0 bridgehead atoms. The van der Waals surface area contributed by atoms with Gasteiger partial charge in [0.25, 0.3) is 5.91 Å². The summed E-state index contributed by atoms with van der Waals surface area (Å²) in [5.41, 5.74) is 0.606. The van der Waals surface area contributed by atoms with Crippen molar-refractivity contribution in [2.45, 2.75) is 18.9 Å². The van der Waals surface area contributed by atoms with Crippen LogP contribution in [0.5, 0.6) is 0 Å². The monoisotopic (exact) mass is 249 g/mol. The Morgan fingerprint density at radius 2 is 2.44 bits per heavy atom. The molecule has 0 aliphatic carbocycles. The van der Waals surface area contributed by atoms with E-state index in [9.17, 15) is 4.79 Å². The zero-order chi connectivity index (χ0) is 13.0. The van der Waals surface area contributed by atoms with Gasteiger partial charge in [-0.05, 0) is 25.0 Å². The van der Waals surface area contributed by atoms with Crippen molar-refractivity contribution in [2.75, 3.05) is 32.6 Å². The second kappa shape index (κ2) is 5.82. The van der Waals surface area contributed by atoms with Gasteiger partial charge in [0, 0.05) is 33.4 Å². The largest absolute Gasteiger partial charge is 0.376 e. The molecular weight excluding hydrogens is 230 g/mol. The van der Waals surface area contributed by atoms with Crippen molar-refractivity contribution in [3.63, 3.8) is 0 Å². The van der Waals surface area contributed by atoms with E-state index < -0.39 is 0 Å². The van der Waals surface area contributed by atoms with E-state index in [2.05, 4.69) is 10.3 Å². The zero-order valence-corrected chi connectivity index (χ0v) is 10.8. The Morgan fingerprint density at radius 1 is 1.61 bits per heavy atom. The van der Waals surface area contributed by atoms with Gasteiger partial charge in [-0.25, -0.2) is 4.98 Å². The number of ether oxygens (including phenoxy) is 1. The number of nitrogens with one attached hydrogen (secondary N) is 1. The van der Waals surface area contributed by atoms with Gasteiger partial charge in [-0.3, -0.25) is 4.79 Å². The molecule has 5 heteroatoms. The van der Waals surface area contributed by atoms with Crippen molar-refractivity contribution in [3.05, 3.63) is 23.9 Å². The summed E-state index contributed by atoms with van der Waals surface area (Å²) in [4.78, 5) is 18.0. The highest BCUT2D eigenvalue weighted by Crippen LogP contribution is 2.14. The third kappa shape index (κ3) is 2.98. The Morgan fingerprint density at radius 3 is 3.00 bits per heavy atom. The molecule has 5 nitrogen and oxygen atoms in total. The van der Waals surface area contributed by atoms with E-state index in [0.29, 0.717) is 12.1 Å². The zero-order valence-electron chi connectivity index (χ0n) is 10.8. The van der Waals surface area contributed by atoms with Crippen LogP contribution in [0.1, 0.15) is 23.2 Å². The normalized spacial score (nSPS) is 18.7. The first-order valence-electron chi connectivity index (χ1n) is 6.21. The molecule has 1 N–H and O–H groups in total. The van der Waals surface area contributed by atoms with Crippen LogP contribution < -0.4 is 5.32 Å². The van der Waals surface area contributed by atoms with E-state index >= 15 is 0 Å². The lowest BCUT2D eigenvalue weighted by Gasteiger charge is -2.20. The summed E-state index contributed by atoms with van der Waals surface area (Å²) in [6.07, 6.45) is 3.91. The maximum atomic E-state index is 12.1. The number of aromatic nitrogens is 1. The fourth-order valence-corrected chi connectivity index (χ4v) is 2.07. The molecule has 1 aliphatic heterocycles. The van der Waals surface area contributed by atoms with Crippen molar-refractivity contribution >= 4 is 11.7 Å². The van der Waals surface area contributed by atoms with E-state index in [1.807, 2.05) is 0 Å². The molecule has 1 aromatic rings. The smallest absolute Gasteiger partial charge is 0.255 e. The summed E-state index contributed by atoms with van der Waals surface area (Å²) in [6.45, 7) is 1.46. The second-order valence-corrected chi connectivity index (χ2v) is 4.50. The van der Waals surface area contributed by atoms with Crippen LogP contribution in [0.25, 0.3) is 0 Å². The van der Waals surface area contributed by atoms with Crippen LogP contribution in [0.3, 0.4) is 0 Å². The standard InChI is InChI=1S/C13H19N3O2/c1-14-12-6-5-10(8-15-12)13(17)16(2)9-11-4-3-7-18-11/h5-6,8,11H,3-4,7,9H2,1-2H3,(H,14,15). The molecule has 0 spiro atoms. The molecule has 1 aliphatic rings. The summed E-state index contributed by atoms with van der Waals surface area (Å²) in [6, 6.07) is 3.58. The van der Waals surface area contributed by atoms with E-state index in [4.69, 9.17) is 4.74 Å². The fourth-order valence-electron chi connectivity index (χ4n) is 2.07. The minimum absolute atomic E-state index is 0.0133. The minimum atomic E-state index is -0.0133. The highest BCUT2D eigenvalue weighted by Gasteiger charge is 2.20. The number of pyridine rings is 1. The Bertz CT molecular complexity index is 399. The van der Waals surface area contributed by atoms with Crippen LogP contribution in [-0.2, 0) is 4.74 Å². The number of hydrogen-bond donors (Lipinski definition) is 1. The lowest BCUT2D eigenvalue weighted by molar-refractivity contribution is 0.0587. The SMILES string of the molecule is CNc1ccc(C(=O)N(C)CC2CCCO2)cn1. The molecule has 2 rings (SSSR count). The van der Waals surface area contributed by atoms with E-state index in [1.165, 1.54) is 0 Å². The van der Waals surface area contributed by atoms with Crippen molar-refractivity contribution in [2.24, 2.45) is 0 Å². The average Bonchev–Trinajstić information content (AvgIpc) is 2.91. The molecule has 1 saturated heterocycles. The van der Waals surface area contributed by atoms with Gasteiger partial charge in [-0.1, -0.05) is 0 Å². The van der Waals surface area contributed by atoms with Gasteiger partial charge >= 0.3 is 0 Å². The van der Waals surface area contributed by atoms with Crippen LogP contribution in [0, 0.1) is 0 Å². The molecule has 18 heavy (non-hydrogen) atoms. The summed E-state index contributed by atoms with van der Waals surface area (Å²) in [5, 5.41) is 2.93. The molecule has 2 heterocycles. The quantitative estimate of drug-likeness (QED) is 0.875. The Kier molecular flexibility index (Phi) is 4.15. The molecule has 1 aromatic heterocycles. The highest BCUT2D eigenvalue weighted by atomic mass is 16.5. The predicted octanol–water partition coefficient (Wildman–Crippen LogP) is 1.37. The number of hydrogen-bond acceptors (Lipinski definition) is 4. The Labute approximate surface area is 107 Å². The van der Waals surface area contributed by atoms with Crippen LogP contribution in [-0.4, -0.2) is 49.1 Å². The van der Waals surface area contributed by atoms with Gasteiger partial charge < -0.3 is 15.0 Å². The first kappa shape index (κ1) is 12.8.